The van der Waals surface area contributed by atoms with Gasteiger partial charge in [-0.3, -0.25) is 0 Å². The normalized spacial score (nSPS) is 17.9. The van der Waals surface area contributed by atoms with Crippen molar-refractivity contribution in [2.45, 2.75) is 38.2 Å². The first-order valence-corrected chi connectivity index (χ1v) is 5.97. The van der Waals surface area contributed by atoms with Crippen molar-refractivity contribution >= 4 is 11.3 Å². The molecule has 1 aromatic heterocycles. The molecule has 1 atom stereocenters. The molecule has 2 rings (SSSR count). The van der Waals surface area contributed by atoms with Gasteiger partial charge in [-0.1, -0.05) is 0 Å². The number of aliphatic hydroxyl groups excluding tert-OH is 1. The Labute approximate surface area is 88.0 Å². The molecule has 14 heavy (non-hydrogen) atoms. The Bertz CT molecular complexity index is 288. The number of aromatic nitrogens is 1. The first-order chi connectivity index (χ1) is 6.79. The number of nitrogens with zero attached hydrogens (tertiary/aromatic N) is 1. The van der Waals surface area contributed by atoms with E-state index in [0.717, 1.165) is 11.4 Å². The summed E-state index contributed by atoms with van der Waals surface area (Å²) in [5, 5.41) is 10.5. The van der Waals surface area contributed by atoms with Gasteiger partial charge in [-0.25, -0.2) is 4.98 Å². The summed E-state index contributed by atoms with van der Waals surface area (Å²) in [6.07, 6.45) is 5.02. The van der Waals surface area contributed by atoms with Crippen molar-refractivity contribution in [2.75, 3.05) is 6.54 Å². The Morgan fingerprint density at radius 3 is 2.93 bits per heavy atom. The Balaban J connectivity index is 2.08. The third-order valence-corrected chi connectivity index (χ3v) is 3.75. The van der Waals surface area contributed by atoms with E-state index >= 15 is 0 Å². The molecular weight excluding hydrogens is 196 g/mol. The third kappa shape index (κ3) is 2.13. The van der Waals surface area contributed by atoms with Crippen LogP contribution in [0.15, 0.2) is 0 Å². The minimum Gasteiger partial charge on any atom is -0.391 e. The van der Waals surface area contributed by atoms with Crippen LogP contribution >= 0.6 is 11.3 Å². The highest BCUT2D eigenvalue weighted by Gasteiger charge is 2.16. The highest BCUT2D eigenvalue weighted by atomic mass is 32.1. The third-order valence-electron chi connectivity index (χ3n) is 2.57. The quantitative estimate of drug-likeness (QED) is 0.782. The molecular formula is C10H16N2OS. The number of aliphatic hydroxyl groups is 1. The van der Waals surface area contributed by atoms with E-state index in [4.69, 9.17) is 5.73 Å². The lowest BCUT2D eigenvalue weighted by atomic mass is 10.0. The molecule has 1 aliphatic carbocycles. The first-order valence-electron chi connectivity index (χ1n) is 5.15. The molecule has 0 aliphatic heterocycles. The smallest absolute Gasteiger partial charge is 0.0957 e. The van der Waals surface area contributed by atoms with E-state index in [1.165, 1.54) is 29.8 Å². The van der Waals surface area contributed by atoms with Gasteiger partial charge in [0.25, 0.3) is 0 Å². The predicted molar refractivity (Wildman–Crippen MR) is 57.5 cm³/mol. The lowest BCUT2D eigenvalue weighted by Gasteiger charge is -2.06. The average Bonchev–Trinajstić information content (AvgIpc) is 2.59. The summed E-state index contributed by atoms with van der Waals surface area (Å²) in [6, 6.07) is 0. The summed E-state index contributed by atoms with van der Waals surface area (Å²) in [5.41, 5.74) is 6.63. The molecule has 4 heteroatoms. The minimum absolute atomic E-state index is 0.324. The van der Waals surface area contributed by atoms with Crippen LogP contribution in [0.4, 0.5) is 0 Å². The second-order valence-electron chi connectivity index (χ2n) is 3.78. The molecule has 0 amide bonds. The SMILES string of the molecule is NCC(O)Cc1nc2c(s1)CCCC2. The van der Waals surface area contributed by atoms with Crippen LogP contribution in [0.3, 0.4) is 0 Å². The van der Waals surface area contributed by atoms with Gasteiger partial charge in [0.05, 0.1) is 16.8 Å². The van der Waals surface area contributed by atoms with Crippen LogP contribution in [0.2, 0.25) is 0 Å². The van der Waals surface area contributed by atoms with Gasteiger partial charge in [-0.05, 0) is 25.7 Å². The number of fused-ring (bicyclic) bond motifs is 1. The van der Waals surface area contributed by atoms with Gasteiger partial charge in [0, 0.05) is 17.8 Å². The van der Waals surface area contributed by atoms with E-state index < -0.39 is 6.10 Å². The zero-order valence-electron chi connectivity index (χ0n) is 8.20. The molecule has 0 saturated heterocycles. The standard InChI is InChI=1S/C10H16N2OS/c11-6-7(13)5-10-12-8-3-1-2-4-9(8)14-10/h7,13H,1-6,11H2. The zero-order valence-corrected chi connectivity index (χ0v) is 9.02. The average molecular weight is 212 g/mol. The summed E-state index contributed by atoms with van der Waals surface area (Å²) in [5.74, 6) is 0. The van der Waals surface area contributed by atoms with Crippen LogP contribution in [-0.2, 0) is 19.3 Å². The Kier molecular flexibility index (Phi) is 3.15. The summed E-state index contributed by atoms with van der Waals surface area (Å²) in [7, 11) is 0. The van der Waals surface area contributed by atoms with Crippen LogP contribution < -0.4 is 5.73 Å². The summed E-state index contributed by atoms with van der Waals surface area (Å²) >= 11 is 1.75. The van der Waals surface area contributed by atoms with Gasteiger partial charge >= 0.3 is 0 Å². The molecule has 0 bridgehead atoms. The molecule has 1 aliphatic rings. The van der Waals surface area contributed by atoms with Gasteiger partial charge in [-0.15, -0.1) is 11.3 Å². The lowest BCUT2D eigenvalue weighted by molar-refractivity contribution is 0.183. The maximum atomic E-state index is 9.41. The second kappa shape index (κ2) is 4.38. The van der Waals surface area contributed by atoms with Gasteiger partial charge in [0.1, 0.15) is 0 Å². The highest BCUT2D eigenvalue weighted by Crippen LogP contribution is 2.27. The lowest BCUT2D eigenvalue weighted by Crippen LogP contribution is -2.21. The van der Waals surface area contributed by atoms with Crippen molar-refractivity contribution in [3.8, 4) is 0 Å². The van der Waals surface area contributed by atoms with Crippen LogP contribution in [0, 0.1) is 0 Å². The summed E-state index contributed by atoms with van der Waals surface area (Å²) < 4.78 is 0. The summed E-state index contributed by atoms with van der Waals surface area (Å²) in [6.45, 7) is 0.324. The van der Waals surface area contributed by atoms with Crippen molar-refractivity contribution in [3.05, 3.63) is 15.6 Å². The molecule has 78 valence electrons. The van der Waals surface area contributed by atoms with Crippen molar-refractivity contribution < 1.29 is 5.11 Å². The molecule has 1 aromatic rings. The fourth-order valence-electron chi connectivity index (χ4n) is 1.78. The maximum absolute atomic E-state index is 9.41. The minimum atomic E-state index is -0.428. The number of rotatable bonds is 3. The summed E-state index contributed by atoms with van der Waals surface area (Å²) in [4.78, 5) is 5.97. The Morgan fingerprint density at radius 2 is 2.21 bits per heavy atom. The maximum Gasteiger partial charge on any atom is 0.0957 e. The number of thiazole rings is 1. The first kappa shape index (κ1) is 10.1. The van der Waals surface area contributed by atoms with Crippen molar-refractivity contribution in [1.82, 2.24) is 4.98 Å². The van der Waals surface area contributed by atoms with E-state index in [9.17, 15) is 5.11 Å². The molecule has 3 N–H and O–H groups in total. The second-order valence-corrected chi connectivity index (χ2v) is 4.95. The monoisotopic (exact) mass is 212 g/mol. The van der Waals surface area contributed by atoms with E-state index in [0.29, 0.717) is 13.0 Å². The zero-order chi connectivity index (χ0) is 9.97. The largest absolute Gasteiger partial charge is 0.391 e. The van der Waals surface area contributed by atoms with E-state index in [1.807, 2.05) is 0 Å². The Morgan fingerprint density at radius 1 is 1.43 bits per heavy atom. The molecule has 3 nitrogen and oxygen atoms in total. The molecule has 0 aromatic carbocycles. The van der Waals surface area contributed by atoms with Crippen molar-refractivity contribution in [3.63, 3.8) is 0 Å². The highest BCUT2D eigenvalue weighted by molar-refractivity contribution is 7.11. The Hall–Kier alpha value is -0.450. The fourth-order valence-corrected chi connectivity index (χ4v) is 3.01. The van der Waals surface area contributed by atoms with Crippen molar-refractivity contribution in [2.24, 2.45) is 5.73 Å². The van der Waals surface area contributed by atoms with Crippen LogP contribution in [-0.4, -0.2) is 22.7 Å². The molecule has 1 heterocycles. The number of nitrogens with two attached hydrogens (primary N) is 1. The van der Waals surface area contributed by atoms with Crippen LogP contribution in [0.5, 0.6) is 0 Å². The molecule has 0 fully saturated rings. The number of aryl methyl sites for hydroxylation is 2. The van der Waals surface area contributed by atoms with E-state index in [-0.39, 0.29) is 0 Å². The van der Waals surface area contributed by atoms with Crippen molar-refractivity contribution in [1.29, 1.82) is 0 Å². The van der Waals surface area contributed by atoms with Crippen LogP contribution in [0.25, 0.3) is 0 Å². The fraction of sp³-hybridized carbons (Fsp3) is 0.700. The topological polar surface area (TPSA) is 59.1 Å². The van der Waals surface area contributed by atoms with Crippen LogP contribution in [0.1, 0.15) is 28.4 Å². The van der Waals surface area contributed by atoms with E-state index in [1.54, 1.807) is 11.3 Å². The van der Waals surface area contributed by atoms with E-state index in [2.05, 4.69) is 4.98 Å². The predicted octanol–water partition coefficient (Wildman–Crippen LogP) is 0.884. The van der Waals surface area contributed by atoms with Gasteiger partial charge < -0.3 is 10.8 Å². The van der Waals surface area contributed by atoms with Gasteiger partial charge in [-0.2, -0.15) is 0 Å². The number of hydrogen-bond acceptors (Lipinski definition) is 4. The van der Waals surface area contributed by atoms with Gasteiger partial charge in [0.2, 0.25) is 0 Å². The number of hydrogen-bond donors (Lipinski definition) is 2. The molecule has 0 radical (unpaired) electrons. The molecule has 0 spiro atoms. The molecule has 1 unspecified atom stereocenters. The van der Waals surface area contributed by atoms with Gasteiger partial charge in [0.15, 0.2) is 0 Å². The molecule has 0 saturated carbocycles.